The van der Waals surface area contributed by atoms with Crippen LogP contribution in [0.15, 0.2) is 41.2 Å². The number of nitrogens with zero attached hydrogens (tertiary/aromatic N) is 2. The van der Waals surface area contributed by atoms with E-state index in [2.05, 4.69) is 27.6 Å². The molecule has 0 saturated carbocycles. The molecule has 2 unspecified atom stereocenters. The molecule has 23 heavy (non-hydrogen) atoms. The molecule has 4 N–H and O–H groups in total. The number of aliphatic imine (C=N–C) groups is 1. The summed E-state index contributed by atoms with van der Waals surface area (Å²) in [6, 6.07) is 7.47. The molecule has 1 fully saturated rings. The lowest BCUT2D eigenvalue weighted by atomic mass is 9.98. The van der Waals surface area contributed by atoms with Crippen LogP contribution < -0.4 is 16.4 Å². The SMILES string of the molecule is CN1CCCC(CNC2=CC=NC(N)(c3cccc(Cl)c3)N2)C1. The van der Waals surface area contributed by atoms with Crippen molar-refractivity contribution in [2.24, 2.45) is 16.6 Å². The molecule has 0 aromatic heterocycles. The van der Waals surface area contributed by atoms with Crippen molar-refractivity contribution in [3.63, 3.8) is 0 Å². The Morgan fingerprint density at radius 2 is 2.39 bits per heavy atom. The molecule has 1 aromatic rings. The molecular formula is C17H24ClN5. The number of likely N-dealkylation sites (tertiary alicyclic amines) is 1. The Kier molecular flexibility index (Phi) is 4.90. The summed E-state index contributed by atoms with van der Waals surface area (Å²) in [7, 11) is 2.18. The van der Waals surface area contributed by atoms with Gasteiger partial charge in [-0.1, -0.05) is 23.7 Å². The Morgan fingerprint density at radius 1 is 1.52 bits per heavy atom. The lowest BCUT2D eigenvalue weighted by molar-refractivity contribution is 0.207. The summed E-state index contributed by atoms with van der Waals surface area (Å²) >= 11 is 6.07. The van der Waals surface area contributed by atoms with Crippen molar-refractivity contribution < 1.29 is 0 Å². The fraction of sp³-hybridized carbons (Fsp3) is 0.471. The first-order valence-electron chi connectivity index (χ1n) is 8.06. The summed E-state index contributed by atoms with van der Waals surface area (Å²) in [4.78, 5) is 6.78. The first-order chi connectivity index (χ1) is 11.0. The van der Waals surface area contributed by atoms with Crippen LogP contribution in [0.3, 0.4) is 0 Å². The number of rotatable bonds is 4. The number of allylic oxidation sites excluding steroid dienone is 1. The maximum Gasteiger partial charge on any atom is 0.210 e. The second-order valence-electron chi connectivity index (χ2n) is 6.41. The standard InChI is InChI=1S/C17H24ClN5/c1-23-9-3-4-13(12-23)11-20-16-7-8-21-17(19,22-16)14-5-2-6-15(18)10-14/h2,5-8,10,13,20,22H,3-4,9,11-12,19H2,1H3. The van der Waals surface area contributed by atoms with Gasteiger partial charge in [-0.25, -0.2) is 4.99 Å². The number of halogens is 1. The number of nitrogens with one attached hydrogen (secondary N) is 2. The number of hydrogen-bond donors (Lipinski definition) is 3. The van der Waals surface area contributed by atoms with Crippen LogP contribution in [0.25, 0.3) is 0 Å². The molecule has 6 heteroatoms. The van der Waals surface area contributed by atoms with Crippen LogP contribution in [0.5, 0.6) is 0 Å². The third-order valence-corrected chi connectivity index (χ3v) is 4.65. The van der Waals surface area contributed by atoms with E-state index in [1.165, 1.54) is 19.4 Å². The molecule has 0 amide bonds. The van der Waals surface area contributed by atoms with E-state index in [0.29, 0.717) is 10.9 Å². The van der Waals surface area contributed by atoms with Gasteiger partial charge in [0.15, 0.2) is 0 Å². The maximum atomic E-state index is 6.41. The molecule has 3 rings (SSSR count). The first kappa shape index (κ1) is 16.3. The van der Waals surface area contributed by atoms with Crippen molar-refractivity contribution in [2.45, 2.75) is 18.6 Å². The van der Waals surface area contributed by atoms with Gasteiger partial charge in [-0.05, 0) is 50.6 Å². The third-order valence-electron chi connectivity index (χ3n) is 4.41. The lowest BCUT2D eigenvalue weighted by Crippen LogP contribution is -2.53. The van der Waals surface area contributed by atoms with Gasteiger partial charge in [0.05, 0.1) is 0 Å². The Bertz CT molecular complexity index is 615. The summed E-state index contributed by atoms with van der Waals surface area (Å²) in [5.41, 5.74) is 7.25. The van der Waals surface area contributed by atoms with Gasteiger partial charge >= 0.3 is 0 Å². The average molecular weight is 334 g/mol. The van der Waals surface area contributed by atoms with E-state index in [-0.39, 0.29) is 0 Å². The van der Waals surface area contributed by atoms with E-state index in [0.717, 1.165) is 24.5 Å². The van der Waals surface area contributed by atoms with E-state index in [1.807, 2.05) is 30.3 Å². The van der Waals surface area contributed by atoms with Crippen LogP contribution in [-0.4, -0.2) is 37.8 Å². The van der Waals surface area contributed by atoms with Gasteiger partial charge in [-0.3, -0.25) is 5.73 Å². The minimum Gasteiger partial charge on any atom is -0.371 e. The highest BCUT2D eigenvalue weighted by Crippen LogP contribution is 2.23. The van der Waals surface area contributed by atoms with Gasteiger partial charge in [-0.15, -0.1) is 0 Å². The fourth-order valence-corrected chi connectivity index (χ4v) is 3.37. The minimum absolute atomic E-state index is 0.652. The van der Waals surface area contributed by atoms with Gasteiger partial charge in [0.25, 0.3) is 0 Å². The van der Waals surface area contributed by atoms with Crippen molar-refractivity contribution in [1.29, 1.82) is 0 Å². The highest BCUT2D eigenvalue weighted by atomic mass is 35.5. The summed E-state index contributed by atoms with van der Waals surface area (Å²) in [5, 5.41) is 7.40. The first-order valence-corrected chi connectivity index (χ1v) is 8.44. The van der Waals surface area contributed by atoms with E-state index in [9.17, 15) is 0 Å². The predicted molar refractivity (Wildman–Crippen MR) is 95.3 cm³/mol. The number of hydrogen-bond acceptors (Lipinski definition) is 5. The molecular weight excluding hydrogens is 310 g/mol. The van der Waals surface area contributed by atoms with Crippen molar-refractivity contribution >= 4 is 17.8 Å². The number of benzene rings is 1. The van der Waals surface area contributed by atoms with E-state index < -0.39 is 5.79 Å². The molecule has 0 radical (unpaired) electrons. The van der Waals surface area contributed by atoms with Crippen molar-refractivity contribution in [3.8, 4) is 0 Å². The lowest BCUT2D eigenvalue weighted by Gasteiger charge is -2.34. The summed E-state index contributed by atoms with van der Waals surface area (Å²) in [5.74, 6) is 0.579. The molecule has 2 atom stereocenters. The fourth-order valence-electron chi connectivity index (χ4n) is 3.18. The zero-order valence-corrected chi connectivity index (χ0v) is 14.2. The summed E-state index contributed by atoms with van der Waals surface area (Å²) in [6.07, 6.45) is 6.19. The third kappa shape index (κ3) is 4.05. The monoisotopic (exact) mass is 333 g/mol. The number of piperidine rings is 1. The second kappa shape index (κ2) is 6.91. The molecule has 1 aromatic carbocycles. The topological polar surface area (TPSA) is 65.7 Å². The molecule has 1 saturated heterocycles. The molecule has 2 heterocycles. The van der Waals surface area contributed by atoms with Crippen LogP contribution >= 0.6 is 11.6 Å². The molecule has 0 spiro atoms. The largest absolute Gasteiger partial charge is 0.371 e. The Hall–Kier alpha value is -1.56. The molecule has 0 bridgehead atoms. The van der Waals surface area contributed by atoms with Crippen LogP contribution in [0.4, 0.5) is 0 Å². The molecule has 2 aliphatic rings. The van der Waals surface area contributed by atoms with Crippen molar-refractivity contribution in [1.82, 2.24) is 15.5 Å². The molecule has 2 aliphatic heterocycles. The zero-order valence-electron chi connectivity index (χ0n) is 13.4. The van der Waals surface area contributed by atoms with E-state index in [1.54, 1.807) is 6.21 Å². The zero-order chi connectivity index (χ0) is 16.3. The van der Waals surface area contributed by atoms with Gasteiger partial charge in [-0.2, -0.15) is 0 Å². The molecule has 0 aliphatic carbocycles. The van der Waals surface area contributed by atoms with Crippen LogP contribution in [0, 0.1) is 5.92 Å². The van der Waals surface area contributed by atoms with E-state index in [4.69, 9.17) is 17.3 Å². The van der Waals surface area contributed by atoms with Gasteiger partial charge in [0, 0.05) is 29.9 Å². The van der Waals surface area contributed by atoms with Crippen LogP contribution in [-0.2, 0) is 5.79 Å². The Morgan fingerprint density at radius 3 is 3.17 bits per heavy atom. The highest BCUT2D eigenvalue weighted by Gasteiger charge is 2.29. The van der Waals surface area contributed by atoms with Crippen LogP contribution in [0.2, 0.25) is 5.02 Å². The molecule has 124 valence electrons. The second-order valence-corrected chi connectivity index (χ2v) is 6.85. The van der Waals surface area contributed by atoms with E-state index >= 15 is 0 Å². The highest BCUT2D eigenvalue weighted by molar-refractivity contribution is 6.30. The maximum absolute atomic E-state index is 6.41. The normalized spacial score (nSPS) is 28.1. The molecule has 5 nitrogen and oxygen atoms in total. The Labute approximate surface area is 142 Å². The van der Waals surface area contributed by atoms with Crippen molar-refractivity contribution in [3.05, 3.63) is 46.7 Å². The average Bonchev–Trinajstić information content (AvgIpc) is 2.53. The smallest absolute Gasteiger partial charge is 0.210 e. The van der Waals surface area contributed by atoms with Gasteiger partial charge in [0.1, 0.15) is 5.82 Å². The summed E-state index contributed by atoms with van der Waals surface area (Å²) < 4.78 is 0. The summed E-state index contributed by atoms with van der Waals surface area (Å²) in [6.45, 7) is 3.27. The van der Waals surface area contributed by atoms with Gasteiger partial charge in [0.2, 0.25) is 5.79 Å². The minimum atomic E-state index is -0.981. The predicted octanol–water partition coefficient (Wildman–Crippen LogP) is 1.86. The quantitative estimate of drug-likeness (QED) is 0.787. The Balaban J connectivity index is 1.62. The number of nitrogens with two attached hydrogens (primary N) is 1. The van der Waals surface area contributed by atoms with Crippen LogP contribution in [0.1, 0.15) is 18.4 Å². The van der Waals surface area contributed by atoms with Crippen molar-refractivity contribution in [2.75, 3.05) is 26.7 Å². The van der Waals surface area contributed by atoms with Gasteiger partial charge < -0.3 is 15.5 Å².